The van der Waals surface area contributed by atoms with Crippen LogP contribution in [0.3, 0.4) is 0 Å². The van der Waals surface area contributed by atoms with E-state index in [1.165, 1.54) is 31.4 Å². The molecule has 31 heavy (non-hydrogen) atoms. The number of benzene rings is 2. The molecule has 2 amide bonds. The molecule has 0 spiro atoms. The molecule has 0 saturated heterocycles. The fourth-order valence-corrected chi connectivity index (χ4v) is 4.88. The number of nitrogens with zero attached hydrogens (tertiary/aromatic N) is 1. The van der Waals surface area contributed by atoms with E-state index in [0.717, 1.165) is 36.8 Å². The van der Waals surface area contributed by atoms with E-state index in [4.69, 9.17) is 0 Å². The van der Waals surface area contributed by atoms with Crippen molar-refractivity contribution in [3.63, 3.8) is 0 Å². The van der Waals surface area contributed by atoms with Gasteiger partial charge in [-0.25, -0.2) is 4.39 Å². The van der Waals surface area contributed by atoms with E-state index in [0.29, 0.717) is 12.0 Å². The molecule has 1 atom stereocenters. The van der Waals surface area contributed by atoms with Gasteiger partial charge in [0.15, 0.2) is 0 Å². The number of carbonyl (C=O) groups excluding carboxylic acids is 2. The van der Waals surface area contributed by atoms with Gasteiger partial charge in [0.25, 0.3) is 5.91 Å². The van der Waals surface area contributed by atoms with E-state index < -0.39 is 5.54 Å². The second-order valence-electron chi connectivity index (χ2n) is 9.14. The van der Waals surface area contributed by atoms with Crippen LogP contribution in [0.5, 0.6) is 0 Å². The van der Waals surface area contributed by atoms with Crippen LogP contribution in [0.25, 0.3) is 0 Å². The minimum absolute atomic E-state index is 0.0944. The van der Waals surface area contributed by atoms with Crippen molar-refractivity contribution in [2.75, 3.05) is 0 Å². The van der Waals surface area contributed by atoms with Crippen molar-refractivity contribution in [3.8, 4) is 0 Å². The van der Waals surface area contributed by atoms with Gasteiger partial charge in [0.1, 0.15) is 11.4 Å². The van der Waals surface area contributed by atoms with Crippen molar-refractivity contribution in [3.05, 3.63) is 71.0 Å². The smallest absolute Gasteiger partial charge is 0.255 e. The summed E-state index contributed by atoms with van der Waals surface area (Å²) in [5.41, 5.74) is 1.35. The highest BCUT2D eigenvalue weighted by molar-refractivity contribution is 6.02. The van der Waals surface area contributed by atoms with Gasteiger partial charge in [-0.2, -0.15) is 0 Å². The van der Waals surface area contributed by atoms with Crippen LogP contribution in [-0.4, -0.2) is 28.3 Å². The van der Waals surface area contributed by atoms with E-state index in [1.54, 1.807) is 17.0 Å². The molecule has 2 aromatic rings. The molecule has 4 rings (SSSR count). The number of rotatable bonds is 4. The predicted molar refractivity (Wildman–Crippen MR) is 119 cm³/mol. The second-order valence-corrected chi connectivity index (χ2v) is 9.14. The molecule has 1 aliphatic heterocycles. The third-order valence-corrected chi connectivity index (χ3v) is 6.81. The summed E-state index contributed by atoms with van der Waals surface area (Å²) in [7, 11) is 0. The van der Waals surface area contributed by atoms with Crippen LogP contribution in [0.1, 0.15) is 73.4 Å². The molecule has 0 unspecified atom stereocenters. The highest BCUT2D eigenvalue weighted by Crippen LogP contribution is 2.33. The molecule has 1 aliphatic carbocycles. The highest BCUT2D eigenvalue weighted by Gasteiger charge is 2.47. The summed E-state index contributed by atoms with van der Waals surface area (Å²) in [6, 6.07) is 13.8. The summed E-state index contributed by atoms with van der Waals surface area (Å²) >= 11 is 0. The zero-order chi connectivity index (χ0) is 21.8. The minimum atomic E-state index is -0.998. The van der Waals surface area contributed by atoms with E-state index in [1.807, 2.05) is 31.2 Å². The standard InChI is InChI=1S/C26H31FN2O2/c1-26(25(31)28-22-10-5-3-2-4-6-11-22)17-20-9-7-8-12-23(20)24(30)29(26)18-19-13-15-21(27)16-14-19/h7-9,12-16,22H,2-6,10-11,17-18H2,1H3,(H,28,31)/t26-/m0/s1. The molecule has 2 aromatic carbocycles. The molecule has 0 aromatic heterocycles. The van der Waals surface area contributed by atoms with Gasteiger partial charge in [-0.1, -0.05) is 62.4 Å². The van der Waals surface area contributed by atoms with Crippen LogP contribution < -0.4 is 5.32 Å². The van der Waals surface area contributed by atoms with Gasteiger partial charge in [0.05, 0.1) is 0 Å². The molecule has 2 aliphatic rings. The fourth-order valence-electron chi connectivity index (χ4n) is 4.88. The Hall–Kier alpha value is -2.69. The number of fused-ring (bicyclic) bond motifs is 1. The molecule has 1 fully saturated rings. The molecule has 1 saturated carbocycles. The second kappa shape index (κ2) is 9.21. The average molecular weight is 423 g/mol. The molecular weight excluding hydrogens is 391 g/mol. The lowest BCUT2D eigenvalue weighted by atomic mass is 9.82. The van der Waals surface area contributed by atoms with E-state index in [2.05, 4.69) is 5.32 Å². The van der Waals surface area contributed by atoms with Crippen LogP contribution in [0.15, 0.2) is 48.5 Å². The molecular formula is C26H31FN2O2. The zero-order valence-corrected chi connectivity index (χ0v) is 18.2. The van der Waals surface area contributed by atoms with E-state index in [-0.39, 0.29) is 30.2 Å². The van der Waals surface area contributed by atoms with Crippen molar-refractivity contribution < 1.29 is 14.0 Å². The van der Waals surface area contributed by atoms with Gasteiger partial charge in [0, 0.05) is 24.6 Å². The van der Waals surface area contributed by atoms with Crippen LogP contribution in [-0.2, 0) is 17.8 Å². The Morgan fingerprint density at radius 3 is 2.39 bits per heavy atom. The van der Waals surface area contributed by atoms with E-state index in [9.17, 15) is 14.0 Å². The Labute approximate surface area is 183 Å². The maximum atomic E-state index is 13.6. The van der Waals surface area contributed by atoms with Gasteiger partial charge in [-0.3, -0.25) is 9.59 Å². The lowest BCUT2D eigenvalue weighted by Gasteiger charge is -2.44. The molecule has 164 valence electrons. The van der Waals surface area contributed by atoms with Crippen molar-refractivity contribution >= 4 is 11.8 Å². The molecule has 1 heterocycles. The number of nitrogens with one attached hydrogen (secondary N) is 1. The zero-order valence-electron chi connectivity index (χ0n) is 18.2. The quantitative estimate of drug-likeness (QED) is 0.753. The van der Waals surface area contributed by atoms with Gasteiger partial charge >= 0.3 is 0 Å². The van der Waals surface area contributed by atoms with Gasteiger partial charge in [-0.15, -0.1) is 0 Å². The Morgan fingerprint density at radius 2 is 1.68 bits per heavy atom. The number of amides is 2. The topological polar surface area (TPSA) is 49.4 Å². The number of halogens is 1. The minimum Gasteiger partial charge on any atom is -0.351 e. The Balaban J connectivity index is 1.62. The van der Waals surface area contributed by atoms with Crippen molar-refractivity contribution in [2.45, 2.75) is 76.4 Å². The lowest BCUT2D eigenvalue weighted by Crippen LogP contribution is -2.63. The number of hydrogen-bond acceptors (Lipinski definition) is 2. The monoisotopic (exact) mass is 422 g/mol. The van der Waals surface area contributed by atoms with Crippen LogP contribution in [0.4, 0.5) is 4.39 Å². The van der Waals surface area contributed by atoms with Crippen LogP contribution in [0.2, 0.25) is 0 Å². The summed E-state index contributed by atoms with van der Waals surface area (Å²) in [6.45, 7) is 2.13. The summed E-state index contributed by atoms with van der Waals surface area (Å²) < 4.78 is 13.4. The normalized spacial score (nSPS) is 22.4. The first-order valence-electron chi connectivity index (χ1n) is 11.4. The SMILES string of the molecule is C[C@@]1(C(=O)NC2CCCCCCC2)Cc2ccccc2C(=O)N1Cc1ccc(F)cc1. The first-order chi connectivity index (χ1) is 15.0. The Bertz CT molecular complexity index is 935. The van der Waals surface area contributed by atoms with E-state index >= 15 is 0 Å². The van der Waals surface area contributed by atoms with Crippen LogP contribution >= 0.6 is 0 Å². The van der Waals surface area contributed by atoms with Crippen molar-refractivity contribution in [1.29, 1.82) is 0 Å². The highest BCUT2D eigenvalue weighted by atomic mass is 19.1. The third kappa shape index (κ3) is 4.65. The van der Waals surface area contributed by atoms with Gasteiger partial charge in [0.2, 0.25) is 5.91 Å². The number of hydrogen-bond donors (Lipinski definition) is 1. The fraction of sp³-hybridized carbons (Fsp3) is 0.462. The van der Waals surface area contributed by atoms with Crippen molar-refractivity contribution in [1.82, 2.24) is 10.2 Å². The summed E-state index contributed by atoms with van der Waals surface area (Å²) in [5, 5.41) is 3.28. The molecule has 4 nitrogen and oxygen atoms in total. The summed E-state index contributed by atoms with van der Waals surface area (Å²) in [6.07, 6.45) is 8.40. The first kappa shape index (κ1) is 21.5. The third-order valence-electron chi connectivity index (χ3n) is 6.81. The summed E-state index contributed by atoms with van der Waals surface area (Å²) in [4.78, 5) is 28.8. The van der Waals surface area contributed by atoms with Gasteiger partial charge in [-0.05, 0) is 49.1 Å². The Kier molecular flexibility index (Phi) is 6.40. The van der Waals surface area contributed by atoms with Crippen LogP contribution in [0, 0.1) is 5.82 Å². The molecule has 0 radical (unpaired) electrons. The number of carbonyl (C=O) groups is 2. The average Bonchev–Trinajstić information content (AvgIpc) is 2.74. The van der Waals surface area contributed by atoms with Crippen molar-refractivity contribution in [2.24, 2.45) is 0 Å². The molecule has 5 heteroatoms. The largest absolute Gasteiger partial charge is 0.351 e. The maximum absolute atomic E-state index is 13.6. The predicted octanol–water partition coefficient (Wildman–Crippen LogP) is 5.01. The van der Waals surface area contributed by atoms with Gasteiger partial charge < -0.3 is 10.2 Å². The maximum Gasteiger partial charge on any atom is 0.255 e. The molecule has 0 bridgehead atoms. The summed E-state index contributed by atoms with van der Waals surface area (Å²) in [5.74, 6) is -0.562. The Morgan fingerprint density at radius 1 is 1.03 bits per heavy atom. The molecule has 1 N–H and O–H groups in total. The lowest BCUT2D eigenvalue weighted by molar-refractivity contribution is -0.132. The first-order valence-corrected chi connectivity index (χ1v) is 11.4.